The molecule has 0 aliphatic heterocycles. The normalized spacial score (nSPS) is 34.9. The van der Waals surface area contributed by atoms with Crippen LogP contribution in [-0.4, -0.2) is 62.5 Å². The van der Waals surface area contributed by atoms with Crippen LogP contribution in [-0.2, 0) is 33.3 Å². The molecule has 9 nitrogen and oxygen atoms in total. The van der Waals surface area contributed by atoms with E-state index >= 15 is 0 Å². The van der Waals surface area contributed by atoms with Crippen LogP contribution in [0.25, 0.3) is 0 Å². The lowest BCUT2D eigenvalue weighted by molar-refractivity contribution is -0.226. The van der Waals surface area contributed by atoms with E-state index < -0.39 is 0 Å². The molecular formula is C42H74N2O7. The molecule has 294 valence electrons. The van der Waals surface area contributed by atoms with Gasteiger partial charge < -0.3 is 30.4 Å². The van der Waals surface area contributed by atoms with Crippen molar-refractivity contribution < 1.29 is 33.3 Å². The molecule has 4 aliphatic carbocycles. The summed E-state index contributed by atoms with van der Waals surface area (Å²) < 4.78 is 25.0. The monoisotopic (exact) mass is 719 g/mol. The standard InChI is InChI=1S/C42H74N2O7/c1-6-8-9-10-11-12-24-49-37(45)18-15-29(3)32-16-17-33-40-34(28-36(42(32,33)5)48-25-13-22-43)41(4)21-19-31(50-39(47)20-23-44)26-30(41)27-35(40)51-38(46)14-7-2/h29-36,40H,6-28,43-44H2,1-5H3/t29-,30-,31-,32-,33+,34+,35-,36+,40+,41+,42-/m1/s1. The first-order valence-electron chi connectivity index (χ1n) is 21.1. The van der Waals surface area contributed by atoms with Gasteiger partial charge in [0.25, 0.3) is 0 Å². The first-order chi connectivity index (χ1) is 24.5. The smallest absolute Gasteiger partial charge is 0.307 e. The molecule has 51 heavy (non-hydrogen) atoms. The fourth-order valence-electron chi connectivity index (χ4n) is 11.3. The van der Waals surface area contributed by atoms with Gasteiger partial charge in [-0.1, -0.05) is 66.7 Å². The molecule has 4 fully saturated rings. The van der Waals surface area contributed by atoms with Gasteiger partial charge in [-0.25, -0.2) is 0 Å². The van der Waals surface area contributed by atoms with Crippen LogP contribution in [0.5, 0.6) is 0 Å². The Bertz CT molecular complexity index is 1100. The molecule has 0 aromatic heterocycles. The lowest BCUT2D eigenvalue weighted by Gasteiger charge is -2.64. The third-order valence-corrected chi connectivity index (χ3v) is 14.1. The van der Waals surface area contributed by atoms with Crippen LogP contribution in [0.3, 0.4) is 0 Å². The maximum atomic E-state index is 13.2. The molecule has 0 bridgehead atoms. The first-order valence-corrected chi connectivity index (χ1v) is 21.1. The molecule has 0 radical (unpaired) electrons. The number of esters is 3. The van der Waals surface area contributed by atoms with Crippen molar-refractivity contribution in [3.8, 4) is 0 Å². The second-order valence-corrected chi connectivity index (χ2v) is 17.2. The van der Waals surface area contributed by atoms with E-state index in [0.717, 1.165) is 77.0 Å². The van der Waals surface area contributed by atoms with E-state index in [-0.39, 0.29) is 65.3 Å². The summed E-state index contributed by atoms with van der Waals surface area (Å²) in [5.41, 5.74) is 11.5. The fourth-order valence-corrected chi connectivity index (χ4v) is 11.3. The largest absolute Gasteiger partial charge is 0.466 e. The average Bonchev–Trinajstić information content (AvgIpc) is 3.45. The van der Waals surface area contributed by atoms with Crippen molar-refractivity contribution in [1.82, 2.24) is 0 Å². The summed E-state index contributed by atoms with van der Waals surface area (Å²) in [5.74, 6) is 1.57. The number of rotatable bonds is 21. The highest BCUT2D eigenvalue weighted by Gasteiger charge is 2.67. The minimum absolute atomic E-state index is 0.0371. The number of ether oxygens (including phenoxy) is 4. The van der Waals surface area contributed by atoms with Crippen LogP contribution in [0, 0.1) is 46.3 Å². The predicted molar refractivity (Wildman–Crippen MR) is 200 cm³/mol. The molecule has 0 heterocycles. The van der Waals surface area contributed by atoms with Crippen molar-refractivity contribution in [3.63, 3.8) is 0 Å². The number of carbonyl (C=O) groups excluding carboxylic acids is 3. The molecule has 0 aromatic carbocycles. The van der Waals surface area contributed by atoms with Crippen LogP contribution in [0.15, 0.2) is 0 Å². The highest BCUT2D eigenvalue weighted by Crippen LogP contribution is 2.69. The summed E-state index contributed by atoms with van der Waals surface area (Å²) >= 11 is 0. The molecule has 0 aromatic rings. The molecule has 0 amide bonds. The maximum Gasteiger partial charge on any atom is 0.307 e. The van der Waals surface area contributed by atoms with Gasteiger partial charge in [0, 0.05) is 37.3 Å². The summed E-state index contributed by atoms with van der Waals surface area (Å²) in [7, 11) is 0. The second kappa shape index (κ2) is 20.1. The summed E-state index contributed by atoms with van der Waals surface area (Å²) in [6, 6.07) is 0. The molecule has 4 saturated carbocycles. The quantitative estimate of drug-likeness (QED) is 0.0689. The van der Waals surface area contributed by atoms with Crippen LogP contribution in [0.2, 0.25) is 0 Å². The van der Waals surface area contributed by atoms with Gasteiger partial charge in [-0.15, -0.1) is 0 Å². The first kappa shape index (κ1) is 42.0. The molecule has 0 saturated heterocycles. The lowest BCUT2D eigenvalue weighted by Crippen LogP contribution is -2.63. The number of hydrogen-bond donors (Lipinski definition) is 2. The SMILES string of the molecule is CCCCCCCCOC(=O)CC[C@@H](C)[C@H]1CC[C@H]2[C@@H]3[C@H](OC(=O)CCC)C[C@H]4C[C@H](OC(=O)CCN)CC[C@]4(C)[C@H]3C[C@H](OCCCN)[C@]12C. The van der Waals surface area contributed by atoms with E-state index in [0.29, 0.717) is 62.8 Å². The highest BCUT2D eigenvalue weighted by atomic mass is 16.6. The van der Waals surface area contributed by atoms with E-state index in [2.05, 4.69) is 27.7 Å². The Balaban J connectivity index is 1.53. The van der Waals surface area contributed by atoms with Gasteiger partial charge in [-0.2, -0.15) is 0 Å². The number of fused-ring (bicyclic) bond motifs is 5. The fraction of sp³-hybridized carbons (Fsp3) is 0.929. The van der Waals surface area contributed by atoms with Gasteiger partial charge in [0.05, 0.1) is 19.1 Å². The van der Waals surface area contributed by atoms with Gasteiger partial charge in [0.2, 0.25) is 0 Å². The van der Waals surface area contributed by atoms with E-state index in [1.165, 1.54) is 25.7 Å². The van der Waals surface area contributed by atoms with Crippen LogP contribution in [0.1, 0.15) is 157 Å². The molecule has 4 aliphatic rings. The van der Waals surface area contributed by atoms with E-state index in [1.807, 2.05) is 6.92 Å². The van der Waals surface area contributed by atoms with E-state index in [1.54, 1.807) is 0 Å². The molecule has 11 atom stereocenters. The Kier molecular flexibility index (Phi) is 16.6. The van der Waals surface area contributed by atoms with Crippen molar-refractivity contribution in [3.05, 3.63) is 0 Å². The van der Waals surface area contributed by atoms with E-state index in [9.17, 15) is 14.4 Å². The average molecular weight is 719 g/mol. The zero-order valence-corrected chi connectivity index (χ0v) is 33.0. The Hall–Kier alpha value is -1.71. The number of nitrogens with two attached hydrogens (primary N) is 2. The third kappa shape index (κ3) is 10.3. The molecule has 4 rings (SSSR count). The number of hydrogen-bond acceptors (Lipinski definition) is 9. The predicted octanol–water partition coefficient (Wildman–Crippen LogP) is 7.89. The molecule has 9 heteroatoms. The van der Waals surface area contributed by atoms with Crippen molar-refractivity contribution in [1.29, 1.82) is 0 Å². The van der Waals surface area contributed by atoms with E-state index in [4.69, 9.17) is 30.4 Å². The van der Waals surface area contributed by atoms with Gasteiger partial charge in [-0.3, -0.25) is 14.4 Å². The molecule has 0 unspecified atom stereocenters. The molecular weight excluding hydrogens is 644 g/mol. The summed E-state index contributed by atoms with van der Waals surface area (Å²) in [4.78, 5) is 38.5. The Morgan fingerprint density at radius 3 is 2.22 bits per heavy atom. The van der Waals surface area contributed by atoms with Crippen molar-refractivity contribution in [2.75, 3.05) is 26.3 Å². The van der Waals surface area contributed by atoms with Gasteiger partial charge >= 0.3 is 17.9 Å². The van der Waals surface area contributed by atoms with Crippen LogP contribution < -0.4 is 11.5 Å². The minimum Gasteiger partial charge on any atom is -0.466 e. The number of carbonyl (C=O) groups is 3. The Morgan fingerprint density at radius 2 is 1.49 bits per heavy atom. The Labute approximate surface area is 309 Å². The zero-order chi connectivity index (χ0) is 37.0. The summed E-state index contributed by atoms with van der Waals surface area (Å²) in [6.07, 6.45) is 16.9. The van der Waals surface area contributed by atoms with Gasteiger partial charge in [-0.05, 0) is 112 Å². The van der Waals surface area contributed by atoms with Gasteiger partial charge in [0.1, 0.15) is 12.2 Å². The summed E-state index contributed by atoms with van der Waals surface area (Å²) in [6.45, 7) is 13.5. The zero-order valence-electron chi connectivity index (χ0n) is 33.0. The van der Waals surface area contributed by atoms with Gasteiger partial charge in [0.15, 0.2) is 0 Å². The molecule has 4 N–H and O–H groups in total. The van der Waals surface area contributed by atoms with Crippen molar-refractivity contribution >= 4 is 17.9 Å². The highest BCUT2D eigenvalue weighted by molar-refractivity contribution is 5.70. The second-order valence-electron chi connectivity index (χ2n) is 17.2. The number of unbranched alkanes of at least 4 members (excludes halogenated alkanes) is 5. The topological polar surface area (TPSA) is 140 Å². The molecule has 0 spiro atoms. The van der Waals surface area contributed by atoms with Crippen molar-refractivity contribution in [2.45, 2.75) is 175 Å². The van der Waals surface area contributed by atoms with Crippen molar-refractivity contribution in [2.24, 2.45) is 57.8 Å². The van der Waals surface area contributed by atoms with Crippen LogP contribution in [0.4, 0.5) is 0 Å². The Morgan fingerprint density at radius 1 is 0.745 bits per heavy atom. The van der Waals surface area contributed by atoms with Crippen LogP contribution >= 0.6 is 0 Å². The summed E-state index contributed by atoms with van der Waals surface area (Å²) in [5, 5.41) is 0. The maximum absolute atomic E-state index is 13.2. The third-order valence-electron chi connectivity index (χ3n) is 14.1. The minimum atomic E-state index is -0.218. The lowest BCUT2D eigenvalue weighted by atomic mass is 9.43.